The van der Waals surface area contributed by atoms with Crippen LogP contribution in [0.4, 0.5) is 13.2 Å². The molecule has 1 rings (SSSR count). The predicted octanol–water partition coefficient (Wildman–Crippen LogP) is 0.937. The van der Waals surface area contributed by atoms with Crippen molar-refractivity contribution in [2.75, 3.05) is 19.7 Å². The molecule has 0 spiro atoms. The van der Waals surface area contributed by atoms with Crippen molar-refractivity contribution in [2.45, 2.75) is 38.1 Å². The van der Waals surface area contributed by atoms with Crippen molar-refractivity contribution in [1.29, 1.82) is 0 Å². The van der Waals surface area contributed by atoms with Gasteiger partial charge in [-0.05, 0) is 6.92 Å². The van der Waals surface area contributed by atoms with Gasteiger partial charge in [-0.15, -0.1) is 0 Å². The Bertz CT molecular complexity index is 270. The Morgan fingerprint density at radius 3 is 2.65 bits per heavy atom. The fraction of sp³-hybridized carbons (Fsp3) is 0.900. The third kappa shape index (κ3) is 4.91. The zero-order valence-corrected chi connectivity index (χ0v) is 9.54. The van der Waals surface area contributed by atoms with Crippen molar-refractivity contribution in [3.05, 3.63) is 0 Å². The van der Waals surface area contributed by atoms with Gasteiger partial charge in [0.2, 0.25) is 5.91 Å². The van der Waals surface area contributed by atoms with Gasteiger partial charge in [0.1, 0.15) is 0 Å². The number of alkyl halides is 3. The van der Waals surface area contributed by atoms with Gasteiger partial charge in [0, 0.05) is 19.5 Å². The Morgan fingerprint density at radius 1 is 1.47 bits per heavy atom. The number of ether oxygens (including phenoxy) is 1. The lowest BCUT2D eigenvalue weighted by molar-refractivity contribution is -0.157. The van der Waals surface area contributed by atoms with E-state index in [0.29, 0.717) is 0 Å². The smallest absolute Gasteiger partial charge is 0.389 e. The Morgan fingerprint density at radius 2 is 2.12 bits per heavy atom. The highest BCUT2D eigenvalue weighted by molar-refractivity contribution is 5.76. The number of halogens is 3. The van der Waals surface area contributed by atoms with Gasteiger partial charge in [0.25, 0.3) is 0 Å². The average Bonchev–Trinajstić information content (AvgIpc) is 2.23. The highest BCUT2D eigenvalue weighted by Gasteiger charge is 2.32. The lowest BCUT2D eigenvalue weighted by Crippen LogP contribution is -2.50. The summed E-state index contributed by atoms with van der Waals surface area (Å²) in [5.74, 6) is -0.545. The van der Waals surface area contributed by atoms with E-state index in [1.54, 1.807) is 6.92 Å². The zero-order valence-electron chi connectivity index (χ0n) is 9.54. The first-order valence-corrected chi connectivity index (χ1v) is 5.42. The monoisotopic (exact) mass is 255 g/mol. The molecule has 0 saturated carbocycles. The molecule has 1 saturated heterocycles. The molecule has 0 radical (unpaired) electrons. The van der Waals surface area contributed by atoms with Crippen LogP contribution in [0, 0.1) is 0 Å². The molecule has 1 amide bonds. The van der Waals surface area contributed by atoms with Crippen molar-refractivity contribution in [1.82, 2.24) is 4.90 Å². The van der Waals surface area contributed by atoms with E-state index in [4.69, 9.17) is 9.84 Å². The van der Waals surface area contributed by atoms with Crippen LogP contribution >= 0.6 is 0 Å². The Hall–Kier alpha value is -0.820. The summed E-state index contributed by atoms with van der Waals surface area (Å²) in [6.07, 6.45) is -6.75. The molecular weight excluding hydrogens is 239 g/mol. The lowest BCUT2D eigenvalue weighted by Gasteiger charge is -2.36. The fourth-order valence-electron chi connectivity index (χ4n) is 1.76. The van der Waals surface area contributed by atoms with E-state index in [1.807, 2.05) is 0 Å². The van der Waals surface area contributed by atoms with Crippen LogP contribution in [-0.4, -0.2) is 54.0 Å². The van der Waals surface area contributed by atoms with E-state index in [9.17, 15) is 18.0 Å². The summed E-state index contributed by atoms with van der Waals surface area (Å²) in [6, 6.07) is 0. The molecule has 0 aromatic carbocycles. The number of aliphatic hydroxyl groups is 1. The van der Waals surface area contributed by atoms with Gasteiger partial charge in [0.15, 0.2) is 0 Å². The maximum Gasteiger partial charge on any atom is 0.389 e. The van der Waals surface area contributed by atoms with Gasteiger partial charge in [0.05, 0.1) is 25.2 Å². The molecule has 1 heterocycles. The Kier molecular flexibility index (Phi) is 4.76. The second kappa shape index (κ2) is 5.68. The number of carbonyl (C=O) groups is 1. The van der Waals surface area contributed by atoms with Crippen LogP contribution in [0.15, 0.2) is 0 Å². The molecule has 17 heavy (non-hydrogen) atoms. The van der Waals surface area contributed by atoms with Gasteiger partial charge in [-0.25, -0.2) is 0 Å². The largest absolute Gasteiger partial charge is 0.394 e. The molecule has 0 aliphatic carbocycles. The fourth-order valence-corrected chi connectivity index (χ4v) is 1.76. The molecule has 2 unspecified atom stereocenters. The van der Waals surface area contributed by atoms with Crippen LogP contribution in [0.3, 0.4) is 0 Å². The van der Waals surface area contributed by atoms with E-state index < -0.39 is 31.0 Å². The van der Waals surface area contributed by atoms with Crippen molar-refractivity contribution in [3.63, 3.8) is 0 Å². The quantitative estimate of drug-likeness (QED) is 0.816. The zero-order chi connectivity index (χ0) is 13.1. The molecule has 0 aromatic rings. The van der Waals surface area contributed by atoms with Gasteiger partial charge in [-0.2, -0.15) is 13.2 Å². The Labute approximate surface area is 97.3 Å². The van der Waals surface area contributed by atoms with E-state index in [1.165, 1.54) is 4.90 Å². The molecule has 7 heteroatoms. The SMILES string of the molecule is CC1CN(C(=O)CCC(F)(F)F)CC(CO)O1. The molecule has 2 atom stereocenters. The molecule has 1 aliphatic rings. The number of hydrogen-bond donors (Lipinski definition) is 1. The number of amides is 1. The molecule has 1 N–H and O–H groups in total. The number of aliphatic hydroxyl groups excluding tert-OH is 1. The van der Waals surface area contributed by atoms with Gasteiger partial charge in [-0.1, -0.05) is 0 Å². The summed E-state index contributed by atoms with van der Waals surface area (Å²) in [5, 5.41) is 8.92. The van der Waals surface area contributed by atoms with Crippen LogP contribution in [-0.2, 0) is 9.53 Å². The van der Waals surface area contributed by atoms with E-state index in [2.05, 4.69) is 0 Å². The van der Waals surface area contributed by atoms with Crippen LogP contribution < -0.4 is 0 Å². The summed E-state index contributed by atoms with van der Waals surface area (Å²) in [6.45, 7) is 1.89. The van der Waals surface area contributed by atoms with Crippen molar-refractivity contribution < 1.29 is 27.8 Å². The van der Waals surface area contributed by atoms with Crippen LogP contribution in [0.25, 0.3) is 0 Å². The predicted molar refractivity (Wildman–Crippen MR) is 53.3 cm³/mol. The number of rotatable bonds is 3. The first-order chi connectivity index (χ1) is 7.81. The minimum absolute atomic E-state index is 0.150. The van der Waals surface area contributed by atoms with Crippen molar-refractivity contribution in [3.8, 4) is 0 Å². The van der Waals surface area contributed by atoms with Crippen LogP contribution in [0.5, 0.6) is 0 Å². The van der Waals surface area contributed by atoms with E-state index in [-0.39, 0.29) is 25.8 Å². The number of carbonyl (C=O) groups excluding carboxylic acids is 1. The Balaban J connectivity index is 2.45. The van der Waals surface area contributed by atoms with E-state index in [0.717, 1.165) is 0 Å². The molecular formula is C10H16F3NO3. The number of morpholine rings is 1. The third-order valence-electron chi connectivity index (χ3n) is 2.50. The number of hydrogen-bond acceptors (Lipinski definition) is 3. The first-order valence-electron chi connectivity index (χ1n) is 5.42. The lowest BCUT2D eigenvalue weighted by atomic mass is 10.2. The summed E-state index contributed by atoms with van der Waals surface area (Å²) in [7, 11) is 0. The minimum atomic E-state index is -4.32. The molecule has 0 aromatic heterocycles. The van der Waals surface area contributed by atoms with Crippen molar-refractivity contribution in [2.24, 2.45) is 0 Å². The molecule has 100 valence electrons. The van der Waals surface area contributed by atoms with Gasteiger partial charge >= 0.3 is 6.18 Å². The van der Waals surface area contributed by atoms with Gasteiger partial charge < -0.3 is 14.7 Å². The maximum atomic E-state index is 12.0. The van der Waals surface area contributed by atoms with Crippen LogP contribution in [0.2, 0.25) is 0 Å². The topological polar surface area (TPSA) is 49.8 Å². The average molecular weight is 255 g/mol. The standard InChI is InChI=1S/C10H16F3NO3/c1-7-4-14(5-8(6-15)17-7)9(16)2-3-10(11,12)13/h7-8,15H,2-6H2,1H3. The van der Waals surface area contributed by atoms with Crippen LogP contribution in [0.1, 0.15) is 19.8 Å². The summed E-state index contributed by atoms with van der Waals surface area (Å²) in [5.41, 5.74) is 0. The molecule has 0 bridgehead atoms. The molecule has 1 fully saturated rings. The second-order valence-corrected chi connectivity index (χ2v) is 4.17. The first kappa shape index (κ1) is 14.2. The molecule has 1 aliphatic heterocycles. The highest BCUT2D eigenvalue weighted by atomic mass is 19.4. The van der Waals surface area contributed by atoms with E-state index >= 15 is 0 Å². The van der Waals surface area contributed by atoms with Crippen molar-refractivity contribution >= 4 is 5.91 Å². The maximum absolute atomic E-state index is 12.0. The summed E-state index contributed by atoms with van der Waals surface area (Å²) < 4.78 is 41.2. The summed E-state index contributed by atoms with van der Waals surface area (Å²) >= 11 is 0. The normalized spacial score (nSPS) is 26.1. The summed E-state index contributed by atoms with van der Waals surface area (Å²) in [4.78, 5) is 12.9. The second-order valence-electron chi connectivity index (χ2n) is 4.17. The van der Waals surface area contributed by atoms with Gasteiger partial charge in [-0.3, -0.25) is 4.79 Å². The third-order valence-corrected chi connectivity index (χ3v) is 2.50. The molecule has 4 nitrogen and oxygen atoms in total. The number of nitrogens with zero attached hydrogens (tertiary/aromatic N) is 1. The highest BCUT2D eigenvalue weighted by Crippen LogP contribution is 2.22. The minimum Gasteiger partial charge on any atom is -0.394 e.